The number of hydrogen-bond acceptors (Lipinski definition) is 0. The highest BCUT2D eigenvalue weighted by molar-refractivity contribution is 7.39. The molecule has 94 valence electrons. The van der Waals surface area contributed by atoms with Crippen molar-refractivity contribution in [3.8, 4) is 0 Å². The lowest BCUT2D eigenvalue weighted by molar-refractivity contribution is 0.265. The maximum atomic E-state index is 3.19. The fourth-order valence-corrected chi connectivity index (χ4v) is 5.03. The van der Waals surface area contributed by atoms with E-state index >= 15 is 0 Å². The first-order valence-electron chi connectivity index (χ1n) is 7.26. The third-order valence-electron chi connectivity index (χ3n) is 4.73. The molecule has 2 unspecified atom stereocenters. The molecular weight excluding hydrogens is 230 g/mol. The topological polar surface area (TPSA) is 0 Å². The number of rotatable bonds is 3. The van der Waals surface area contributed by atoms with Crippen molar-refractivity contribution >= 4 is 18.5 Å². The normalized spacial score (nSPS) is 25.9. The Morgan fingerprint density at radius 1 is 0.750 bits per heavy atom. The highest BCUT2D eigenvalue weighted by Gasteiger charge is 2.33. The van der Waals surface area contributed by atoms with Crippen molar-refractivity contribution in [1.29, 1.82) is 0 Å². The average Bonchev–Trinajstić information content (AvgIpc) is 2.31. The highest BCUT2D eigenvalue weighted by atomic mass is 31.1. The maximum Gasteiger partial charge on any atom is 0.00235 e. The second-order valence-electron chi connectivity index (χ2n) is 6.16. The van der Waals surface area contributed by atoms with Gasteiger partial charge in [0.05, 0.1) is 0 Å². The minimum Gasteiger partial charge on any atom is -0.127 e. The van der Waals surface area contributed by atoms with Gasteiger partial charge in [0.2, 0.25) is 0 Å². The minimum atomic E-state index is 0.461. The van der Waals surface area contributed by atoms with E-state index in [1.54, 1.807) is 0 Å². The molecule has 0 saturated heterocycles. The van der Waals surface area contributed by atoms with Crippen molar-refractivity contribution in [2.45, 2.75) is 75.5 Å². The predicted molar refractivity (Wildman–Crippen MR) is 79.9 cm³/mol. The van der Waals surface area contributed by atoms with Gasteiger partial charge in [-0.05, 0) is 31.1 Å². The molecule has 2 atom stereocenters. The Kier molecular flexibility index (Phi) is 5.11. The quantitative estimate of drug-likeness (QED) is 0.626. The molecule has 16 heavy (non-hydrogen) atoms. The predicted octanol–water partition coefficient (Wildman–Crippen LogP) is 4.98. The summed E-state index contributed by atoms with van der Waals surface area (Å²) in [5, 5.41) is 0. The summed E-state index contributed by atoms with van der Waals surface area (Å²) in [7, 11) is 6.39. The first-order chi connectivity index (χ1) is 7.68. The van der Waals surface area contributed by atoms with Gasteiger partial charge in [0.25, 0.3) is 0 Å². The monoisotopic (exact) mass is 258 g/mol. The van der Waals surface area contributed by atoms with Crippen molar-refractivity contribution < 1.29 is 0 Å². The van der Waals surface area contributed by atoms with E-state index in [2.05, 4.69) is 18.5 Å². The van der Waals surface area contributed by atoms with Crippen LogP contribution in [-0.4, -0.2) is 4.90 Å². The van der Waals surface area contributed by atoms with Crippen molar-refractivity contribution in [1.82, 2.24) is 0 Å². The molecule has 2 rings (SSSR count). The van der Waals surface area contributed by atoms with Crippen LogP contribution in [-0.2, 0) is 0 Å². The van der Waals surface area contributed by atoms with Gasteiger partial charge in [-0.25, -0.2) is 0 Å². The zero-order valence-corrected chi connectivity index (χ0v) is 12.9. The van der Waals surface area contributed by atoms with Crippen molar-refractivity contribution in [3.63, 3.8) is 0 Å². The molecule has 0 heterocycles. The largest absolute Gasteiger partial charge is 0.127 e. The van der Waals surface area contributed by atoms with E-state index < -0.39 is 0 Å². The van der Waals surface area contributed by atoms with E-state index in [1.165, 1.54) is 70.6 Å². The average molecular weight is 258 g/mol. The van der Waals surface area contributed by atoms with Gasteiger partial charge < -0.3 is 0 Å². The standard InChI is InChI=1S/C14H28P2/c15-14(16,13-9-5-2-6-10-13)11-12-7-3-1-4-8-12/h12-13H,1-11,15-16H2. The summed E-state index contributed by atoms with van der Waals surface area (Å²) in [6.45, 7) is 0. The Labute approximate surface area is 106 Å². The zero-order valence-electron chi connectivity index (χ0n) is 10.6. The van der Waals surface area contributed by atoms with E-state index in [4.69, 9.17) is 0 Å². The molecule has 2 aliphatic rings. The molecule has 2 fully saturated rings. The fourth-order valence-electron chi connectivity index (χ4n) is 3.70. The van der Waals surface area contributed by atoms with Crippen LogP contribution in [0.3, 0.4) is 0 Å². The first-order valence-corrected chi connectivity index (χ1v) is 8.42. The molecule has 0 nitrogen and oxygen atoms in total. The summed E-state index contributed by atoms with van der Waals surface area (Å²) in [4.78, 5) is 0.461. The lowest BCUT2D eigenvalue weighted by atomic mass is 9.79. The SMILES string of the molecule is PC(P)(CC1CCCCC1)C1CCCCC1. The van der Waals surface area contributed by atoms with Gasteiger partial charge in [0.1, 0.15) is 0 Å². The van der Waals surface area contributed by atoms with Crippen LogP contribution >= 0.6 is 18.5 Å². The van der Waals surface area contributed by atoms with Crippen LogP contribution < -0.4 is 0 Å². The summed E-state index contributed by atoms with van der Waals surface area (Å²) >= 11 is 0. The molecule has 0 aromatic carbocycles. The van der Waals surface area contributed by atoms with Crippen molar-refractivity contribution in [2.75, 3.05) is 0 Å². The Hall–Kier alpha value is 0.860. The summed E-state index contributed by atoms with van der Waals surface area (Å²) < 4.78 is 0. The van der Waals surface area contributed by atoms with E-state index in [0.29, 0.717) is 4.90 Å². The Morgan fingerprint density at radius 3 is 1.81 bits per heavy atom. The van der Waals surface area contributed by atoms with Gasteiger partial charge >= 0.3 is 0 Å². The molecule has 0 amide bonds. The van der Waals surface area contributed by atoms with Gasteiger partial charge in [-0.1, -0.05) is 51.4 Å². The Balaban J connectivity index is 1.84. The minimum absolute atomic E-state index is 0.461. The Bertz CT molecular complexity index is 201. The van der Waals surface area contributed by atoms with E-state index in [9.17, 15) is 0 Å². The molecule has 0 bridgehead atoms. The molecular formula is C14H28P2. The van der Waals surface area contributed by atoms with Crippen LogP contribution in [0.1, 0.15) is 70.6 Å². The summed E-state index contributed by atoms with van der Waals surface area (Å²) in [5.41, 5.74) is 0. The van der Waals surface area contributed by atoms with E-state index in [0.717, 1.165) is 11.8 Å². The fraction of sp³-hybridized carbons (Fsp3) is 1.00. The van der Waals surface area contributed by atoms with Crippen LogP contribution in [0, 0.1) is 11.8 Å². The van der Waals surface area contributed by atoms with E-state index in [-0.39, 0.29) is 0 Å². The van der Waals surface area contributed by atoms with Crippen LogP contribution in [0.2, 0.25) is 0 Å². The van der Waals surface area contributed by atoms with Gasteiger partial charge in [-0.2, -0.15) is 0 Å². The Morgan fingerprint density at radius 2 is 1.25 bits per heavy atom. The van der Waals surface area contributed by atoms with E-state index in [1.807, 2.05) is 0 Å². The number of hydrogen-bond donors (Lipinski definition) is 0. The molecule has 2 saturated carbocycles. The molecule has 2 heteroatoms. The van der Waals surface area contributed by atoms with Crippen molar-refractivity contribution in [3.05, 3.63) is 0 Å². The third kappa shape index (κ3) is 3.68. The zero-order chi connectivity index (χ0) is 11.4. The molecule has 0 aromatic rings. The molecule has 0 spiro atoms. The van der Waals surface area contributed by atoms with Gasteiger partial charge in [0, 0.05) is 4.90 Å². The molecule has 0 radical (unpaired) electrons. The smallest absolute Gasteiger partial charge is 0.00235 e. The first kappa shape index (κ1) is 13.3. The van der Waals surface area contributed by atoms with Crippen molar-refractivity contribution in [2.24, 2.45) is 11.8 Å². The van der Waals surface area contributed by atoms with Gasteiger partial charge in [-0.3, -0.25) is 0 Å². The summed E-state index contributed by atoms with van der Waals surface area (Å²) in [5.74, 6) is 1.98. The summed E-state index contributed by atoms with van der Waals surface area (Å²) in [6, 6.07) is 0. The third-order valence-corrected chi connectivity index (χ3v) is 6.15. The van der Waals surface area contributed by atoms with Crippen LogP contribution in [0.4, 0.5) is 0 Å². The van der Waals surface area contributed by atoms with Gasteiger partial charge in [-0.15, -0.1) is 18.5 Å². The highest BCUT2D eigenvalue weighted by Crippen LogP contribution is 2.48. The lowest BCUT2D eigenvalue weighted by Gasteiger charge is -2.40. The van der Waals surface area contributed by atoms with Crippen LogP contribution in [0.25, 0.3) is 0 Å². The molecule has 0 N–H and O–H groups in total. The second-order valence-corrected chi connectivity index (χ2v) is 8.97. The second kappa shape index (κ2) is 6.15. The summed E-state index contributed by atoms with van der Waals surface area (Å²) in [6.07, 6.45) is 16.3. The maximum absolute atomic E-state index is 3.19. The van der Waals surface area contributed by atoms with Crippen LogP contribution in [0.5, 0.6) is 0 Å². The molecule has 0 aliphatic heterocycles. The molecule has 0 aromatic heterocycles. The van der Waals surface area contributed by atoms with Crippen LogP contribution in [0.15, 0.2) is 0 Å². The lowest BCUT2D eigenvalue weighted by Crippen LogP contribution is -2.29. The molecule has 2 aliphatic carbocycles. The van der Waals surface area contributed by atoms with Gasteiger partial charge in [0.15, 0.2) is 0 Å².